The minimum atomic E-state index is 0.911. The summed E-state index contributed by atoms with van der Waals surface area (Å²) in [5.41, 5.74) is 11.9. The number of rotatable bonds is 5. The molecule has 0 aliphatic heterocycles. The van der Waals surface area contributed by atoms with E-state index in [-0.39, 0.29) is 0 Å². The molecule has 0 saturated heterocycles. The van der Waals surface area contributed by atoms with E-state index in [0.29, 0.717) is 0 Å². The van der Waals surface area contributed by atoms with E-state index in [0.717, 1.165) is 44.5 Å². The molecule has 8 rings (SSSR count). The van der Waals surface area contributed by atoms with Gasteiger partial charge in [-0.05, 0) is 87.3 Å². The molecule has 4 aromatic carbocycles. The summed E-state index contributed by atoms with van der Waals surface area (Å²) in [6.07, 6.45) is 9.07. The van der Waals surface area contributed by atoms with Gasteiger partial charge in [0.25, 0.3) is 0 Å². The normalized spacial score (nSPS) is 11.2. The molecular weight excluding hydrogens is 536 g/mol. The summed E-state index contributed by atoms with van der Waals surface area (Å²) in [5.74, 6) is 0. The van der Waals surface area contributed by atoms with Crippen molar-refractivity contribution in [3.05, 3.63) is 158 Å². The van der Waals surface area contributed by atoms with Gasteiger partial charge in [-0.2, -0.15) is 0 Å². The molecule has 0 unspecified atom stereocenters. The number of aromatic nitrogens is 4. The van der Waals surface area contributed by atoms with Gasteiger partial charge in [-0.1, -0.05) is 78.9 Å². The van der Waals surface area contributed by atoms with Gasteiger partial charge in [0.2, 0.25) is 0 Å². The Morgan fingerprint density at radius 3 is 1.48 bits per heavy atom. The Morgan fingerprint density at radius 2 is 0.886 bits per heavy atom. The van der Waals surface area contributed by atoms with Gasteiger partial charge < -0.3 is 0 Å². The highest BCUT2D eigenvalue weighted by molar-refractivity contribution is 6.12. The fourth-order valence-electron chi connectivity index (χ4n) is 5.89. The van der Waals surface area contributed by atoms with Crippen LogP contribution in [-0.4, -0.2) is 19.9 Å². The van der Waals surface area contributed by atoms with E-state index in [2.05, 4.69) is 112 Å². The monoisotopic (exact) mass is 562 g/mol. The largest absolute Gasteiger partial charge is 0.265 e. The number of hydrogen-bond donors (Lipinski definition) is 0. The van der Waals surface area contributed by atoms with Crippen LogP contribution in [0.4, 0.5) is 0 Å². The molecule has 0 aliphatic rings. The molecule has 4 heterocycles. The minimum absolute atomic E-state index is 0.911. The van der Waals surface area contributed by atoms with E-state index in [9.17, 15) is 0 Å². The highest BCUT2D eigenvalue weighted by atomic mass is 14.7. The van der Waals surface area contributed by atoms with E-state index in [1.165, 1.54) is 33.0 Å². The fraction of sp³-hybridized carbons (Fsp3) is 0. The van der Waals surface area contributed by atoms with E-state index < -0.39 is 0 Å². The van der Waals surface area contributed by atoms with Gasteiger partial charge in [0.1, 0.15) is 0 Å². The van der Waals surface area contributed by atoms with Crippen molar-refractivity contribution in [3.63, 3.8) is 0 Å². The summed E-state index contributed by atoms with van der Waals surface area (Å²) in [5, 5.41) is 3.54. The van der Waals surface area contributed by atoms with Crippen LogP contribution in [0.1, 0.15) is 0 Å². The third-order valence-electron chi connectivity index (χ3n) is 8.14. The van der Waals surface area contributed by atoms with Crippen molar-refractivity contribution in [2.24, 2.45) is 0 Å². The molecule has 0 aliphatic carbocycles. The molecule has 0 radical (unpaired) electrons. The lowest BCUT2D eigenvalue weighted by Crippen LogP contribution is -1.91. The Bertz CT molecular complexity index is 2190. The second-order valence-corrected chi connectivity index (χ2v) is 10.8. The van der Waals surface area contributed by atoms with Gasteiger partial charge >= 0.3 is 0 Å². The highest BCUT2D eigenvalue weighted by Gasteiger charge is 2.11. The molecule has 4 nitrogen and oxygen atoms in total. The molecule has 8 aromatic rings. The summed E-state index contributed by atoms with van der Waals surface area (Å²) in [6.45, 7) is 0. The predicted molar refractivity (Wildman–Crippen MR) is 180 cm³/mol. The van der Waals surface area contributed by atoms with Crippen LogP contribution in [0.15, 0.2) is 158 Å². The van der Waals surface area contributed by atoms with Crippen molar-refractivity contribution < 1.29 is 0 Å². The molecule has 0 amide bonds. The number of nitrogens with zero attached hydrogens (tertiary/aromatic N) is 4. The zero-order chi connectivity index (χ0) is 29.3. The van der Waals surface area contributed by atoms with Crippen LogP contribution in [0.25, 0.3) is 77.6 Å². The summed E-state index contributed by atoms with van der Waals surface area (Å²) in [4.78, 5) is 18.0. The lowest BCUT2D eigenvalue weighted by molar-refractivity contribution is 1.27. The van der Waals surface area contributed by atoms with Crippen molar-refractivity contribution in [2.75, 3.05) is 0 Å². The lowest BCUT2D eigenvalue weighted by atomic mass is 9.93. The average molecular weight is 563 g/mol. The molecule has 0 fully saturated rings. The third kappa shape index (κ3) is 4.79. The minimum Gasteiger partial charge on any atom is -0.265 e. The number of fused-ring (bicyclic) bond motifs is 3. The van der Waals surface area contributed by atoms with Crippen LogP contribution >= 0.6 is 0 Å². The Labute approximate surface area is 255 Å². The first-order chi connectivity index (χ1) is 21.8. The summed E-state index contributed by atoms with van der Waals surface area (Å²) in [7, 11) is 0. The fourth-order valence-corrected chi connectivity index (χ4v) is 5.89. The maximum absolute atomic E-state index is 4.97. The first-order valence-corrected chi connectivity index (χ1v) is 14.6. The molecular formula is C40H26N4. The van der Waals surface area contributed by atoms with Gasteiger partial charge in [0.05, 0.1) is 16.9 Å². The molecule has 206 valence electrons. The standard InChI is InChI=1S/C40H26N4/c1-2-6-36-35(5-1)37(24-33-4-3-19-43-40(33)36)30-13-11-28(12-14-30)27-7-9-29(10-8-27)34-25-38(31-15-20-41-21-16-31)44-39(26-34)32-17-22-42-23-18-32/h1-26H. The molecule has 0 bridgehead atoms. The Balaban J connectivity index is 1.14. The predicted octanol–water partition coefficient (Wildman–Crippen LogP) is 9.91. The Kier molecular flexibility index (Phi) is 6.43. The molecule has 4 aromatic heterocycles. The van der Waals surface area contributed by atoms with Gasteiger partial charge in [-0.25, -0.2) is 4.98 Å². The van der Waals surface area contributed by atoms with Gasteiger partial charge in [-0.3, -0.25) is 15.0 Å². The molecule has 0 spiro atoms. The van der Waals surface area contributed by atoms with Crippen molar-refractivity contribution >= 4 is 21.7 Å². The first kappa shape index (κ1) is 25.7. The van der Waals surface area contributed by atoms with Crippen molar-refractivity contribution in [3.8, 4) is 55.9 Å². The SMILES string of the molecule is c1cnc2c(c1)cc(-c1ccc(-c3ccc(-c4cc(-c5ccncc5)nc(-c5ccncc5)c4)cc3)cc1)c1ccccc12. The van der Waals surface area contributed by atoms with E-state index >= 15 is 0 Å². The lowest BCUT2D eigenvalue weighted by Gasteiger charge is -2.12. The number of hydrogen-bond acceptors (Lipinski definition) is 4. The van der Waals surface area contributed by atoms with Crippen LogP contribution in [0.2, 0.25) is 0 Å². The second kappa shape index (κ2) is 11.0. The van der Waals surface area contributed by atoms with Gasteiger partial charge in [0, 0.05) is 52.9 Å². The molecule has 4 heteroatoms. The van der Waals surface area contributed by atoms with Crippen molar-refractivity contribution in [1.82, 2.24) is 19.9 Å². The zero-order valence-corrected chi connectivity index (χ0v) is 23.8. The maximum atomic E-state index is 4.97. The van der Waals surface area contributed by atoms with Gasteiger partial charge in [0.15, 0.2) is 0 Å². The third-order valence-corrected chi connectivity index (χ3v) is 8.14. The summed E-state index contributed by atoms with van der Waals surface area (Å²) < 4.78 is 0. The number of pyridine rings is 4. The average Bonchev–Trinajstić information content (AvgIpc) is 3.12. The summed E-state index contributed by atoms with van der Waals surface area (Å²) >= 11 is 0. The molecule has 0 saturated carbocycles. The van der Waals surface area contributed by atoms with E-state index in [4.69, 9.17) is 4.98 Å². The maximum Gasteiger partial charge on any atom is 0.0780 e. The number of benzene rings is 4. The first-order valence-electron chi connectivity index (χ1n) is 14.6. The summed E-state index contributed by atoms with van der Waals surface area (Å²) in [6, 6.07) is 44.8. The van der Waals surface area contributed by atoms with Crippen LogP contribution in [0.3, 0.4) is 0 Å². The van der Waals surface area contributed by atoms with E-state index in [1.54, 1.807) is 24.8 Å². The van der Waals surface area contributed by atoms with Crippen molar-refractivity contribution in [2.45, 2.75) is 0 Å². The second-order valence-electron chi connectivity index (χ2n) is 10.8. The molecule has 0 N–H and O–H groups in total. The van der Waals surface area contributed by atoms with Crippen LogP contribution in [0.5, 0.6) is 0 Å². The quantitative estimate of drug-likeness (QED) is 0.196. The van der Waals surface area contributed by atoms with Gasteiger partial charge in [-0.15, -0.1) is 0 Å². The van der Waals surface area contributed by atoms with Crippen LogP contribution in [-0.2, 0) is 0 Å². The Hall–Kier alpha value is -6.00. The highest BCUT2D eigenvalue weighted by Crippen LogP contribution is 2.36. The van der Waals surface area contributed by atoms with Crippen LogP contribution in [0, 0.1) is 0 Å². The molecule has 44 heavy (non-hydrogen) atoms. The Morgan fingerprint density at radius 1 is 0.364 bits per heavy atom. The zero-order valence-electron chi connectivity index (χ0n) is 23.8. The van der Waals surface area contributed by atoms with Crippen molar-refractivity contribution in [1.29, 1.82) is 0 Å². The smallest absolute Gasteiger partial charge is 0.0780 e. The molecule has 0 atom stereocenters. The topological polar surface area (TPSA) is 51.6 Å². The van der Waals surface area contributed by atoms with Crippen LogP contribution < -0.4 is 0 Å². The van der Waals surface area contributed by atoms with E-state index in [1.807, 2.05) is 36.5 Å².